The van der Waals surface area contributed by atoms with Crippen molar-refractivity contribution >= 4 is 26.0 Å². The molecule has 0 saturated carbocycles. The zero-order valence-corrected chi connectivity index (χ0v) is 8.21. The van der Waals surface area contributed by atoms with Gasteiger partial charge in [-0.2, -0.15) is 5.26 Å². The van der Waals surface area contributed by atoms with Crippen LogP contribution in [0.1, 0.15) is 16.1 Å². The lowest BCUT2D eigenvalue weighted by molar-refractivity contribution is 0.111. The third-order valence-corrected chi connectivity index (χ3v) is 2.50. The normalized spacial score (nSPS) is 10.6. The first-order chi connectivity index (χ1) is 6.47. The number of hydrogen-bond acceptors (Lipinski definition) is 5. The van der Waals surface area contributed by atoms with Gasteiger partial charge in [0.2, 0.25) is 0 Å². The van der Waals surface area contributed by atoms with Crippen molar-refractivity contribution < 1.29 is 13.2 Å². The molecule has 0 fully saturated rings. The van der Waals surface area contributed by atoms with Gasteiger partial charge in [0, 0.05) is 10.7 Å². The number of aromatic nitrogens is 1. The van der Waals surface area contributed by atoms with Gasteiger partial charge in [0.15, 0.2) is 11.3 Å². The third kappa shape index (κ3) is 2.28. The van der Waals surface area contributed by atoms with Gasteiger partial charge in [-0.25, -0.2) is 13.4 Å². The van der Waals surface area contributed by atoms with Crippen LogP contribution in [0.25, 0.3) is 0 Å². The van der Waals surface area contributed by atoms with Gasteiger partial charge in [0.25, 0.3) is 9.05 Å². The molecule has 0 spiro atoms. The van der Waals surface area contributed by atoms with Crippen molar-refractivity contribution in [3.8, 4) is 6.07 Å². The maximum atomic E-state index is 10.8. The minimum Gasteiger partial charge on any atom is -0.296 e. The molecule has 0 aliphatic carbocycles. The zero-order chi connectivity index (χ0) is 10.8. The maximum Gasteiger partial charge on any atom is 0.278 e. The average molecular weight is 231 g/mol. The fraction of sp³-hybridized carbons (Fsp3) is 0. The van der Waals surface area contributed by atoms with Crippen LogP contribution >= 0.6 is 10.7 Å². The molecule has 0 N–H and O–H groups in total. The topological polar surface area (TPSA) is 87.9 Å². The van der Waals surface area contributed by atoms with Crippen LogP contribution in [-0.2, 0) is 9.05 Å². The summed E-state index contributed by atoms with van der Waals surface area (Å²) < 4.78 is 21.7. The Hall–Kier alpha value is -1.45. The van der Waals surface area contributed by atoms with Crippen molar-refractivity contribution in [1.82, 2.24) is 4.98 Å². The summed E-state index contributed by atoms with van der Waals surface area (Å²) in [4.78, 5) is 13.8. The molecule has 0 aromatic carbocycles. The molecule has 0 aliphatic rings. The second-order valence-corrected chi connectivity index (χ2v) is 4.80. The number of carbonyl (C=O) groups is 1. The Kier molecular flexibility index (Phi) is 2.84. The van der Waals surface area contributed by atoms with E-state index in [2.05, 4.69) is 4.98 Å². The fourth-order valence-electron chi connectivity index (χ4n) is 0.776. The molecular weight excluding hydrogens is 228 g/mol. The van der Waals surface area contributed by atoms with E-state index in [0.717, 1.165) is 6.07 Å². The predicted molar refractivity (Wildman–Crippen MR) is 47.4 cm³/mol. The van der Waals surface area contributed by atoms with E-state index < -0.39 is 14.1 Å². The minimum atomic E-state index is -4.02. The Morgan fingerprint density at radius 3 is 2.57 bits per heavy atom. The molecule has 1 heterocycles. The molecule has 0 atom stereocenters. The van der Waals surface area contributed by atoms with Crippen LogP contribution in [-0.4, -0.2) is 19.7 Å². The summed E-state index contributed by atoms with van der Waals surface area (Å²) in [6.07, 6.45) is 0.340. The summed E-state index contributed by atoms with van der Waals surface area (Å²) in [5.74, 6) is 0. The number of aldehydes is 1. The molecule has 7 heteroatoms. The number of nitrogens with zero attached hydrogens (tertiary/aromatic N) is 2. The lowest BCUT2D eigenvalue weighted by Gasteiger charge is -1.97. The molecule has 1 rings (SSSR count). The summed E-state index contributed by atoms with van der Waals surface area (Å²) in [5, 5.41) is 8.02. The van der Waals surface area contributed by atoms with E-state index >= 15 is 0 Å². The Balaban J connectivity index is 3.49. The Morgan fingerprint density at radius 2 is 2.14 bits per heavy atom. The Labute approximate surface area is 84.4 Å². The highest BCUT2D eigenvalue weighted by Crippen LogP contribution is 2.14. The molecule has 5 nitrogen and oxygen atoms in total. The van der Waals surface area contributed by atoms with E-state index in [1.54, 1.807) is 6.07 Å². The molecule has 0 aliphatic heterocycles. The van der Waals surface area contributed by atoms with Gasteiger partial charge in [-0.3, -0.25) is 4.79 Å². The molecule has 14 heavy (non-hydrogen) atoms. The highest BCUT2D eigenvalue weighted by Gasteiger charge is 2.14. The van der Waals surface area contributed by atoms with Gasteiger partial charge in [-0.05, 0) is 12.1 Å². The largest absolute Gasteiger partial charge is 0.296 e. The summed E-state index contributed by atoms with van der Waals surface area (Å²) in [6, 6.07) is 3.85. The average Bonchev–Trinajstić information content (AvgIpc) is 2.15. The molecule has 0 bridgehead atoms. The van der Waals surface area contributed by atoms with E-state index in [-0.39, 0.29) is 11.3 Å². The first-order valence-electron chi connectivity index (χ1n) is 3.29. The lowest BCUT2D eigenvalue weighted by Crippen LogP contribution is -1.99. The van der Waals surface area contributed by atoms with E-state index in [1.165, 1.54) is 6.07 Å². The third-order valence-electron chi connectivity index (χ3n) is 1.32. The van der Waals surface area contributed by atoms with Crippen molar-refractivity contribution in [2.24, 2.45) is 0 Å². The monoisotopic (exact) mass is 230 g/mol. The van der Waals surface area contributed by atoms with E-state index in [1.807, 2.05) is 0 Å². The highest BCUT2D eigenvalue weighted by molar-refractivity contribution is 8.13. The summed E-state index contributed by atoms with van der Waals surface area (Å²) in [7, 11) is 0.984. The number of halogens is 1. The lowest BCUT2D eigenvalue weighted by atomic mass is 10.2. The minimum absolute atomic E-state index is 0.0151. The molecule has 72 valence electrons. The smallest absolute Gasteiger partial charge is 0.278 e. The first kappa shape index (κ1) is 10.6. The highest BCUT2D eigenvalue weighted by atomic mass is 35.7. The second kappa shape index (κ2) is 3.74. The van der Waals surface area contributed by atoms with Crippen LogP contribution in [0.3, 0.4) is 0 Å². The van der Waals surface area contributed by atoms with Gasteiger partial charge >= 0.3 is 0 Å². The van der Waals surface area contributed by atoms with Crippen molar-refractivity contribution in [3.63, 3.8) is 0 Å². The maximum absolute atomic E-state index is 10.8. The van der Waals surface area contributed by atoms with E-state index in [9.17, 15) is 13.2 Å². The predicted octanol–water partition coefficient (Wildman–Crippen LogP) is 0.693. The van der Waals surface area contributed by atoms with Crippen molar-refractivity contribution in [1.29, 1.82) is 5.26 Å². The van der Waals surface area contributed by atoms with Crippen molar-refractivity contribution in [2.75, 3.05) is 0 Å². The van der Waals surface area contributed by atoms with Gasteiger partial charge in [-0.1, -0.05) is 0 Å². The quantitative estimate of drug-likeness (QED) is 0.551. The number of nitriles is 1. The molecule has 1 aromatic heterocycles. The van der Waals surface area contributed by atoms with Crippen molar-refractivity contribution in [3.05, 3.63) is 23.4 Å². The number of rotatable bonds is 2. The fourth-order valence-corrected chi connectivity index (χ4v) is 1.49. The molecule has 1 aromatic rings. The van der Waals surface area contributed by atoms with Gasteiger partial charge in [0.1, 0.15) is 5.69 Å². The van der Waals surface area contributed by atoms with Gasteiger partial charge in [-0.15, -0.1) is 0 Å². The van der Waals surface area contributed by atoms with Gasteiger partial charge in [0.05, 0.1) is 11.6 Å². The number of hydrogen-bond donors (Lipinski definition) is 0. The first-order valence-corrected chi connectivity index (χ1v) is 5.60. The second-order valence-electron chi connectivity index (χ2n) is 2.29. The van der Waals surface area contributed by atoms with Crippen LogP contribution in [0.5, 0.6) is 0 Å². The summed E-state index contributed by atoms with van der Waals surface area (Å²) in [5.41, 5.74) is -0.135. The molecule has 0 unspecified atom stereocenters. The summed E-state index contributed by atoms with van der Waals surface area (Å²) >= 11 is 0. The SMILES string of the molecule is N#Cc1cc(C=O)nc(S(=O)(=O)Cl)c1. The van der Waals surface area contributed by atoms with Crippen LogP contribution in [0.4, 0.5) is 0 Å². The molecule has 0 radical (unpaired) electrons. The van der Waals surface area contributed by atoms with E-state index in [0.29, 0.717) is 6.29 Å². The van der Waals surface area contributed by atoms with E-state index in [4.69, 9.17) is 15.9 Å². The zero-order valence-electron chi connectivity index (χ0n) is 6.64. The Morgan fingerprint density at radius 1 is 1.50 bits per heavy atom. The standard InChI is InChI=1S/C7H3ClN2O3S/c8-14(12,13)7-2-5(3-9)1-6(4-11)10-7/h1-2,4H. The molecule has 0 amide bonds. The Bertz CT molecular complexity index is 518. The van der Waals surface area contributed by atoms with Crippen LogP contribution in [0.15, 0.2) is 17.2 Å². The van der Waals surface area contributed by atoms with Crippen LogP contribution in [0.2, 0.25) is 0 Å². The van der Waals surface area contributed by atoms with Crippen LogP contribution < -0.4 is 0 Å². The number of pyridine rings is 1. The summed E-state index contributed by atoms with van der Waals surface area (Å²) in [6.45, 7) is 0. The van der Waals surface area contributed by atoms with Crippen LogP contribution in [0, 0.1) is 11.3 Å². The molecule has 0 saturated heterocycles. The van der Waals surface area contributed by atoms with Crippen molar-refractivity contribution in [2.45, 2.75) is 5.03 Å². The molecular formula is C7H3ClN2O3S. The number of carbonyl (C=O) groups excluding carboxylic acids is 1. The van der Waals surface area contributed by atoms with Gasteiger partial charge < -0.3 is 0 Å².